The molecule has 1 unspecified atom stereocenters. The Hall–Kier alpha value is -3.20. The molecule has 2 aromatic carbocycles. The number of carboxylic acid groups (broad SMARTS) is 1. The van der Waals surface area contributed by atoms with Crippen molar-refractivity contribution in [1.29, 1.82) is 0 Å². The number of hydrogen-bond acceptors (Lipinski definition) is 6. The van der Waals surface area contributed by atoms with E-state index in [2.05, 4.69) is 24.3 Å². The Morgan fingerprint density at radius 2 is 1.82 bits per heavy atom. The second kappa shape index (κ2) is 10.7. The standard InChI is InChI=1S/C31H32ClN3O5/c32-22-6-4-18(5-7-22)28-24-15-21-17-33-35(27-3-1-2-10-39-27)26(21)16-25(24)30(40-23-13-20(14-23)31(36)37)34-29(28)19-8-11-38-12-9-19/h4-7,15-17,19-20,23,27H,1-3,8-14H2,(H,36,37). The molecule has 40 heavy (non-hydrogen) atoms. The lowest BCUT2D eigenvalue weighted by molar-refractivity contribution is -0.148. The van der Waals surface area contributed by atoms with Crippen molar-refractivity contribution in [2.75, 3.05) is 19.8 Å². The Morgan fingerprint density at radius 3 is 2.55 bits per heavy atom. The molecule has 3 fully saturated rings. The van der Waals surface area contributed by atoms with Crippen molar-refractivity contribution in [3.63, 3.8) is 0 Å². The molecule has 0 radical (unpaired) electrons. The third kappa shape index (κ3) is 4.72. The summed E-state index contributed by atoms with van der Waals surface area (Å²) in [5, 5.41) is 17.8. The maximum absolute atomic E-state index is 11.5. The zero-order valence-corrected chi connectivity index (χ0v) is 23.0. The Kier molecular flexibility index (Phi) is 6.86. The summed E-state index contributed by atoms with van der Waals surface area (Å²) in [7, 11) is 0. The summed E-state index contributed by atoms with van der Waals surface area (Å²) in [6.07, 6.45) is 7.47. The van der Waals surface area contributed by atoms with Gasteiger partial charge in [0.1, 0.15) is 6.10 Å². The summed E-state index contributed by atoms with van der Waals surface area (Å²) in [5.41, 5.74) is 4.09. The SMILES string of the molecule is O=C(O)C1CC(Oc2nc(C3CCOCC3)c(-c3ccc(Cl)cc3)c3cc4cnn(C5CCCCO5)c4cc23)C1. The number of carboxylic acids is 1. The number of fused-ring (bicyclic) bond motifs is 2. The predicted molar refractivity (Wildman–Crippen MR) is 152 cm³/mol. The lowest BCUT2D eigenvalue weighted by atomic mass is 9.82. The van der Waals surface area contributed by atoms with E-state index in [9.17, 15) is 9.90 Å². The normalized spacial score (nSPS) is 23.8. The van der Waals surface area contributed by atoms with Gasteiger partial charge >= 0.3 is 5.97 Å². The fourth-order valence-corrected chi connectivity index (χ4v) is 6.41. The second-order valence-corrected chi connectivity index (χ2v) is 11.6. The first-order valence-electron chi connectivity index (χ1n) is 14.2. The summed E-state index contributed by atoms with van der Waals surface area (Å²) >= 11 is 6.28. The Labute approximate surface area is 237 Å². The van der Waals surface area contributed by atoms with Gasteiger partial charge in [0.15, 0.2) is 6.23 Å². The van der Waals surface area contributed by atoms with Crippen LogP contribution in [-0.2, 0) is 14.3 Å². The lowest BCUT2D eigenvalue weighted by Crippen LogP contribution is -2.38. The minimum atomic E-state index is -0.767. The molecule has 1 atom stereocenters. The number of aromatic nitrogens is 3. The number of rotatable bonds is 6. The number of ether oxygens (including phenoxy) is 3. The summed E-state index contributed by atoms with van der Waals surface area (Å²) < 4.78 is 20.3. The van der Waals surface area contributed by atoms with Gasteiger partial charge in [0.25, 0.3) is 0 Å². The van der Waals surface area contributed by atoms with Crippen LogP contribution < -0.4 is 4.74 Å². The Bertz CT molecular complexity index is 1550. The van der Waals surface area contributed by atoms with Gasteiger partial charge in [-0.15, -0.1) is 0 Å². The van der Waals surface area contributed by atoms with E-state index >= 15 is 0 Å². The maximum Gasteiger partial charge on any atom is 0.306 e. The van der Waals surface area contributed by atoms with E-state index in [-0.39, 0.29) is 24.2 Å². The number of halogens is 1. The largest absolute Gasteiger partial charge is 0.481 e. The fraction of sp³-hybridized carbons (Fsp3) is 0.452. The highest BCUT2D eigenvalue weighted by molar-refractivity contribution is 6.30. The zero-order valence-electron chi connectivity index (χ0n) is 22.2. The van der Waals surface area contributed by atoms with Gasteiger partial charge in [0.05, 0.1) is 23.3 Å². The molecule has 8 nitrogen and oxygen atoms in total. The molecule has 2 aliphatic heterocycles. The van der Waals surface area contributed by atoms with Gasteiger partial charge < -0.3 is 19.3 Å². The topological polar surface area (TPSA) is 95.7 Å². The molecule has 4 heterocycles. The van der Waals surface area contributed by atoms with Crippen LogP contribution >= 0.6 is 11.6 Å². The van der Waals surface area contributed by atoms with Gasteiger partial charge in [-0.05, 0) is 80.2 Å². The lowest BCUT2D eigenvalue weighted by Gasteiger charge is -2.33. The number of hydrogen-bond donors (Lipinski definition) is 1. The van der Waals surface area contributed by atoms with Crippen molar-refractivity contribution in [2.45, 2.75) is 63.2 Å². The summed E-state index contributed by atoms with van der Waals surface area (Å²) in [6, 6.07) is 12.2. The molecular weight excluding hydrogens is 530 g/mol. The maximum atomic E-state index is 11.5. The second-order valence-electron chi connectivity index (χ2n) is 11.2. The highest BCUT2D eigenvalue weighted by Gasteiger charge is 2.37. The first kappa shape index (κ1) is 25.7. The van der Waals surface area contributed by atoms with E-state index in [0.717, 1.165) is 77.2 Å². The Balaban J connectivity index is 1.43. The Morgan fingerprint density at radius 1 is 1.02 bits per heavy atom. The van der Waals surface area contributed by atoms with Crippen LogP contribution in [0.1, 0.15) is 62.8 Å². The first-order chi connectivity index (χ1) is 19.5. The van der Waals surface area contributed by atoms with E-state index in [0.29, 0.717) is 37.0 Å². The van der Waals surface area contributed by atoms with Crippen molar-refractivity contribution in [3.8, 4) is 17.0 Å². The number of nitrogens with zero attached hydrogens (tertiary/aromatic N) is 3. The minimum absolute atomic E-state index is 0.0961. The minimum Gasteiger partial charge on any atom is -0.481 e. The number of aliphatic carboxylic acids is 1. The molecule has 208 valence electrons. The van der Waals surface area contributed by atoms with Gasteiger partial charge in [-0.25, -0.2) is 9.67 Å². The quantitative estimate of drug-likeness (QED) is 0.278. The molecule has 1 saturated carbocycles. The van der Waals surface area contributed by atoms with Crippen LogP contribution in [0.2, 0.25) is 5.02 Å². The van der Waals surface area contributed by atoms with Crippen molar-refractivity contribution in [3.05, 3.63) is 53.3 Å². The van der Waals surface area contributed by atoms with Crippen molar-refractivity contribution >= 4 is 39.2 Å². The molecule has 0 bridgehead atoms. The van der Waals surface area contributed by atoms with Crippen LogP contribution in [0.3, 0.4) is 0 Å². The third-order valence-corrected chi connectivity index (χ3v) is 8.86. The highest BCUT2D eigenvalue weighted by atomic mass is 35.5. The van der Waals surface area contributed by atoms with Crippen molar-refractivity contribution < 1.29 is 24.1 Å². The van der Waals surface area contributed by atoms with Crippen molar-refractivity contribution in [2.24, 2.45) is 5.92 Å². The van der Waals surface area contributed by atoms with Gasteiger partial charge in [-0.1, -0.05) is 23.7 Å². The van der Waals surface area contributed by atoms with Crippen molar-refractivity contribution in [1.82, 2.24) is 14.8 Å². The van der Waals surface area contributed by atoms with Crippen LogP contribution in [0.25, 0.3) is 32.8 Å². The van der Waals surface area contributed by atoms with E-state index < -0.39 is 5.97 Å². The molecule has 0 spiro atoms. The van der Waals surface area contributed by atoms with Crippen LogP contribution in [0.5, 0.6) is 5.88 Å². The molecule has 2 aromatic heterocycles. The summed E-state index contributed by atoms with van der Waals surface area (Å²) in [5.74, 6) is -0.358. The number of carbonyl (C=O) groups is 1. The van der Waals surface area contributed by atoms with Crippen LogP contribution in [-0.4, -0.2) is 51.8 Å². The monoisotopic (exact) mass is 561 g/mol. The average molecular weight is 562 g/mol. The van der Waals surface area contributed by atoms with Gasteiger partial charge in [0, 0.05) is 47.1 Å². The molecule has 4 aromatic rings. The van der Waals surface area contributed by atoms with Gasteiger partial charge in [0.2, 0.25) is 5.88 Å². The fourth-order valence-electron chi connectivity index (χ4n) is 6.28. The van der Waals surface area contributed by atoms with E-state index in [1.54, 1.807) is 0 Å². The predicted octanol–water partition coefficient (Wildman–Crippen LogP) is 6.74. The summed E-state index contributed by atoms with van der Waals surface area (Å²) in [4.78, 5) is 16.7. The molecule has 7 rings (SSSR count). The molecule has 0 amide bonds. The number of pyridine rings is 1. The number of benzene rings is 2. The van der Waals surface area contributed by atoms with E-state index in [1.807, 2.05) is 23.0 Å². The molecule has 1 aliphatic carbocycles. The highest BCUT2D eigenvalue weighted by Crippen LogP contribution is 2.44. The van der Waals surface area contributed by atoms with E-state index in [1.165, 1.54) is 0 Å². The average Bonchev–Trinajstić information content (AvgIpc) is 3.37. The third-order valence-electron chi connectivity index (χ3n) is 8.60. The van der Waals surface area contributed by atoms with Gasteiger partial charge in [-0.3, -0.25) is 4.79 Å². The molecule has 3 aliphatic rings. The van der Waals surface area contributed by atoms with Crippen LogP contribution in [0.4, 0.5) is 0 Å². The molecule has 9 heteroatoms. The first-order valence-corrected chi connectivity index (χ1v) is 14.6. The molecular formula is C31H32ClN3O5. The zero-order chi connectivity index (χ0) is 27.2. The summed E-state index contributed by atoms with van der Waals surface area (Å²) in [6.45, 7) is 2.12. The van der Waals surface area contributed by atoms with Gasteiger partial charge in [-0.2, -0.15) is 5.10 Å². The smallest absolute Gasteiger partial charge is 0.306 e. The molecule has 2 saturated heterocycles. The van der Waals surface area contributed by atoms with Crippen LogP contribution in [0.15, 0.2) is 42.6 Å². The van der Waals surface area contributed by atoms with E-state index in [4.69, 9.17) is 35.9 Å². The van der Waals surface area contributed by atoms with Crippen LogP contribution in [0, 0.1) is 5.92 Å². The molecule has 1 N–H and O–H groups in total.